The van der Waals surface area contributed by atoms with Crippen LogP contribution in [0.3, 0.4) is 0 Å². The largest absolute Gasteiger partial charge is 0.406 e. The molecule has 0 aliphatic carbocycles. The van der Waals surface area contributed by atoms with Crippen molar-refractivity contribution < 1.29 is 30.8 Å². The van der Waals surface area contributed by atoms with E-state index in [1.807, 2.05) is 0 Å². The molecule has 10 heteroatoms. The van der Waals surface area contributed by atoms with E-state index in [-0.39, 0.29) is 30.8 Å². The van der Waals surface area contributed by atoms with Crippen LogP contribution in [0.5, 0.6) is 0 Å². The number of amides is 1. The first-order valence-electron chi connectivity index (χ1n) is 8.04. The average Bonchev–Trinajstić information content (AvgIpc) is 2.53. The molecule has 1 amide bonds. The molecule has 0 radical (unpaired) electrons. The summed E-state index contributed by atoms with van der Waals surface area (Å²) in [5, 5.41) is 0. The SMILES string of the molecule is CCCN(CC(F)(F)F)C(=O)CCCN(C)S(=O)(=O)c1ccc(F)cc1. The summed E-state index contributed by atoms with van der Waals surface area (Å²) in [4.78, 5) is 12.6. The standard InChI is InChI=1S/C16H22F4N2O3S/c1-3-10-22(12-16(18,19)20)15(23)5-4-11-21(2)26(24,25)14-8-6-13(17)7-9-14/h6-9H,3-5,10-12H2,1-2H3. The Hall–Kier alpha value is -1.68. The summed E-state index contributed by atoms with van der Waals surface area (Å²) >= 11 is 0. The number of nitrogens with zero attached hydrogens (tertiary/aromatic N) is 2. The molecule has 148 valence electrons. The van der Waals surface area contributed by atoms with Crippen LogP contribution in [0.4, 0.5) is 17.6 Å². The van der Waals surface area contributed by atoms with Gasteiger partial charge < -0.3 is 4.90 Å². The van der Waals surface area contributed by atoms with Gasteiger partial charge in [-0.1, -0.05) is 6.92 Å². The summed E-state index contributed by atoms with van der Waals surface area (Å²) in [7, 11) is -2.56. The van der Waals surface area contributed by atoms with Crippen molar-refractivity contribution in [1.29, 1.82) is 0 Å². The highest BCUT2D eigenvalue weighted by atomic mass is 32.2. The van der Waals surface area contributed by atoms with Crippen LogP contribution >= 0.6 is 0 Å². The monoisotopic (exact) mass is 398 g/mol. The van der Waals surface area contributed by atoms with Crippen molar-refractivity contribution in [3.05, 3.63) is 30.1 Å². The number of benzene rings is 1. The number of carbonyl (C=O) groups is 1. The van der Waals surface area contributed by atoms with Crippen LogP contribution in [0, 0.1) is 5.82 Å². The lowest BCUT2D eigenvalue weighted by atomic mass is 10.2. The van der Waals surface area contributed by atoms with Crippen LogP contribution in [0.1, 0.15) is 26.2 Å². The van der Waals surface area contributed by atoms with Gasteiger partial charge in [-0.05, 0) is 37.1 Å². The maximum absolute atomic E-state index is 12.9. The quantitative estimate of drug-likeness (QED) is 0.601. The van der Waals surface area contributed by atoms with Crippen LogP contribution in [-0.4, -0.2) is 56.4 Å². The van der Waals surface area contributed by atoms with Crippen LogP contribution in [-0.2, 0) is 14.8 Å². The molecular formula is C16H22F4N2O3S. The third kappa shape index (κ3) is 6.91. The Labute approximate surface area is 150 Å². The molecule has 5 nitrogen and oxygen atoms in total. The number of rotatable bonds is 9. The Morgan fingerprint density at radius 3 is 2.19 bits per heavy atom. The molecule has 1 aromatic rings. The zero-order chi connectivity index (χ0) is 20.0. The summed E-state index contributed by atoms with van der Waals surface area (Å²) in [6.45, 7) is 0.294. The van der Waals surface area contributed by atoms with E-state index in [2.05, 4.69) is 0 Å². The van der Waals surface area contributed by atoms with Crippen LogP contribution in [0.25, 0.3) is 0 Å². The third-order valence-electron chi connectivity index (χ3n) is 3.60. The van der Waals surface area contributed by atoms with E-state index in [0.29, 0.717) is 6.42 Å². The summed E-state index contributed by atoms with van der Waals surface area (Å²) in [6.07, 6.45) is -4.21. The smallest absolute Gasteiger partial charge is 0.334 e. The minimum Gasteiger partial charge on any atom is -0.334 e. The predicted octanol–water partition coefficient (Wildman–Crippen LogP) is 3.03. The highest BCUT2D eigenvalue weighted by Crippen LogP contribution is 2.18. The highest BCUT2D eigenvalue weighted by Gasteiger charge is 2.32. The van der Waals surface area contributed by atoms with Crippen molar-refractivity contribution in [2.75, 3.05) is 26.7 Å². The third-order valence-corrected chi connectivity index (χ3v) is 5.47. The first kappa shape index (κ1) is 22.4. The first-order chi connectivity index (χ1) is 12.0. The van der Waals surface area contributed by atoms with Gasteiger partial charge in [-0.2, -0.15) is 13.2 Å². The molecule has 0 bridgehead atoms. The van der Waals surface area contributed by atoms with E-state index in [1.54, 1.807) is 6.92 Å². The minimum atomic E-state index is -4.48. The Bertz CT molecular complexity index is 690. The molecule has 0 N–H and O–H groups in total. The fourth-order valence-corrected chi connectivity index (χ4v) is 3.51. The Morgan fingerprint density at radius 1 is 1.12 bits per heavy atom. The van der Waals surface area contributed by atoms with Gasteiger partial charge in [-0.15, -0.1) is 0 Å². The second kappa shape index (κ2) is 9.31. The Morgan fingerprint density at radius 2 is 1.69 bits per heavy atom. The van der Waals surface area contributed by atoms with Gasteiger partial charge in [-0.3, -0.25) is 4.79 Å². The van der Waals surface area contributed by atoms with Gasteiger partial charge in [0, 0.05) is 26.6 Å². The summed E-state index contributed by atoms with van der Waals surface area (Å²) in [6, 6.07) is 4.28. The molecular weight excluding hydrogens is 376 g/mol. The normalized spacial score (nSPS) is 12.4. The molecule has 0 fully saturated rings. The van der Waals surface area contributed by atoms with Crippen molar-refractivity contribution in [2.45, 2.75) is 37.3 Å². The van der Waals surface area contributed by atoms with Crippen molar-refractivity contribution in [1.82, 2.24) is 9.21 Å². The summed E-state index contributed by atoms with van der Waals surface area (Å²) in [5.41, 5.74) is 0. The molecule has 1 rings (SSSR count). The second-order valence-electron chi connectivity index (χ2n) is 5.81. The number of alkyl halides is 3. The first-order valence-corrected chi connectivity index (χ1v) is 9.48. The van der Waals surface area contributed by atoms with E-state index in [0.717, 1.165) is 33.5 Å². The Kier molecular flexibility index (Phi) is 8.01. The number of carbonyl (C=O) groups excluding carboxylic acids is 1. The van der Waals surface area contributed by atoms with Gasteiger partial charge in [0.1, 0.15) is 12.4 Å². The number of hydrogen-bond donors (Lipinski definition) is 0. The lowest BCUT2D eigenvalue weighted by Crippen LogP contribution is -2.39. The van der Waals surface area contributed by atoms with Gasteiger partial charge in [0.15, 0.2) is 0 Å². The van der Waals surface area contributed by atoms with E-state index >= 15 is 0 Å². The molecule has 0 aliphatic rings. The van der Waals surface area contributed by atoms with Gasteiger partial charge >= 0.3 is 6.18 Å². The van der Waals surface area contributed by atoms with Gasteiger partial charge in [0.05, 0.1) is 4.90 Å². The minimum absolute atomic E-state index is 0.0118. The maximum Gasteiger partial charge on any atom is 0.406 e. The predicted molar refractivity (Wildman–Crippen MR) is 88.4 cm³/mol. The zero-order valence-corrected chi connectivity index (χ0v) is 15.4. The van der Waals surface area contributed by atoms with Crippen LogP contribution in [0.2, 0.25) is 0 Å². The van der Waals surface area contributed by atoms with E-state index < -0.39 is 34.5 Å². The molecule has 26 heavy (non-hydrogen) atoms. The Balaban J connectivity index is 2.62. The highest BCUT2D eigenvalue weighted by molar-refractivity contribution is 7.89. The van der Waals surface area contributed by atoms with Crippen molar-refractivity contribution in [3.63, 3.8) is 0 Å². The lowest BCUT2D eigenvalue weighted by Gasteiger charge is -2.24. The fraction of sp³-hybridized carbons (Fsp3) is 0.562. The zero-order valence-electron chi connectivity index (χ0n) is 14.6. The van der Waals surface area contributed by atoms with Crippen molar-refractivity contribution in [3.8, 4) is 0 Å². The molecule has 0 saturated heterocycles. The maximum atomic E-state index is 12.9. The van der Waals surface area contributed by atoms with Gasteiger partial charge in [0.25, 0.3) is 0 Å². The van der Waals surface area contributed by atoms with Crippen molar-refractivity contribution in [2.24, 2.45) is 0 Å². The van der Waals surface area contributed by atoms with E-state index in [1.165, 1.54) is 7.05 Å². The van der Waals surface area contributed by atoms with Gasteiger partial charge in [-0.25, -0.2) is 17.1 Å². The lowest BCUT2D eigenvalue weighted by molar-refractivity contribution is -0.161. The van der Waals surface area contributed by atoms with E-state index in [9.17, 15) is 30.8 Å². The fourth-order valence-electron chi connectivity index (χ4n) is 2.30. The van der Waals surface area contributed by atoms with Crippen LogP contribution < -0.4 is 0 Å². The molecule has 0 atom stereocenters. The molecule has 0 aromatic heterocycles. The van der Waals surface area contributed by atoms with Crippen molar-refractivity contribution >= 4 is 15.9 Å². The summed E-state index contributed by atoms with van der Waals surface area (Å²) in [5.74, 6) is -1.24. The van der Waals surface area contributed by atoms with Gasteiger partial charge in [0.2, 0.25) is 15.9 Å². The van der Waals surface area contributed by atoms with Crippen LogP contribution in [0.15, 0.2) is 29.2 Å². The molecule has 0 unspecified atom stereocenters. The molecule has 0 heterocycles. The molecule has 1 aromatic carbocycles. The summed E-state index contributed by atoms with van der Waals surface area (Å²) < 4.78 is 76.0. The number of sulfonamides is 1. The average molecular weight is 398 g/mol. The molecule has 0 aliphatic heterocycles. The number of hydrogen-bond acceptors (Lipinski definition) is 3. The number of halogens is 4. The van der Waals surface area contributed by atoms with E-state index in [4.69, 9.17) is 0 Å². The molecule has 0 saturated carbocycles. The topological polar surface area (TPSA) is 57.7 Å². The second-order valence-corrected chi connectivity index (χ2v) is 7.86. The molecule has 0 spiro atoms.